The maximum Gasteiger partial charge on any atom is 0.149 e. The molecule has 0 fully saturated rings. The maximum absolute atomic E-state index is 4.59. The molecule has 102 valence electrons. The van der Waals surface area contributed by atoms with Crippen LogP contribution in [0.1, 0.15) is 22.3 Å². The van der Waals surface area contributed by atoms with Gasteiger partial charge in [0.25, 0.3) is 0 Å². The first kappa shape index (κ1) is 14.0. The molecular formula is C17H19N3. The Hall–Kier alpha value is -2.42. The Bertz CT molecular complexity index is 595. The van der Waals surface area contributed by atoms with E-state index in [0.717, 1.165) is 11.4 Å². The van der Waals surface area contributed by atoms with Crippen molar-refractivity contribution in [1.82, 2.24) is 5.43 Å². The number of aryl methyl sites for hydroxylation is 2. The lowest BCUT2D eigenvalue weighted by Crippen LogP contribution is -2.18. The molecule has 3 nitrogen and oxygen atoms in total. The smallest absolute Gasteiger partial charge is 0.149 e. The summed E-state index contributed by atoms with van der Waals surface area (Å²) >= 11 is 0. The lowest BCUT2D eigenvalue weighted by molar-refractivity contribution is 0.981. The van der Waals surface area contributed by atoms with Gasteiger partial charge < -0.3 is 0 Å². The maximum atomic E-state index is 4.59. The summed E-state index contributed by atoms with van der Waals surface area (Å²) in [4.78, 5) is 4.59. The molecule has 0 radical (unpaired) electrons. The van der Waals surface area contributed by atoms with E-state index in [1.54, 1.807) is 0 Å². The van der Waals surface area contributed by atoms with Gasteiger partial charge >= 0.3 is 0 Å². The van der Waals surface area contributed by atoms with Crippen LogP contribution in [0.2, 0.25) is 0 Å². The van der Waals surface area contributed by atoms with Gasteiger partial charge in [0, 0.05) is 12.3 Å². The van der Waals surface area contributed by atoms with Gasteiger partial charge in [-0.1, -0.05) is 59.7 Å². The predicted octanol–water partition coefficient (Wildman–Crippen LogP) is 3.46. The summed E-state index contributed by atoms with van der Waals surface area (Å²) in [5, 5.41) is 3.73. The van der Waals surface area contributed by atoms with Crippen molar-refractivity contribution in [2.24, 2.45) is 10.1 Å². The van der Waals surface area contributed by atoms with Gasteiger partial charge in [0.1, 0.15) is 5.84 Å². The van der Waals surface area contributed by atoms with E-state index in [1.165, 1.54) is 16.7 Å². The molecule has 20 heavy (non-hydrogen) atoms. The number of nitrogens with one attached hydrogen (secondary N) is 1. The minimum atomic E-state index is 0.617. The molecule has 3 heteroatoms. The van der Waals surface area contributed by atoms with Crippen molar-refractivity contribution in [2.45, 2.75) is 20.4 Å². The average molecular weight is 265 g/mol. The fourth-order valence-corrected chi connectivity index (χ4v) is 1.84. The number of hydrogen-bond acceptors (Lipinski definition) is 2. The molecule has 2 aromatic rings. The Labute approximate surface area is 120 Å². The quantitative estimate of drug-likeness (QED) is 0.513. The van der Waals surface area contributed by atoms with Gasteiger partial charge in [-0.3, -0.25) is 10.4 Å². The summed E-state index contributed by atoms with van der Waals surface area (Å²) in [7, 11) is 0. The third-order valence-electron chi connectivity index (χ3n) is 3.05. The van der Waals surface area contributed by atoms with Crippen LogP contribution in [0, 0.1) is 13.8 Å². The van der Waals surface area contributed by atoms with Crippen LogP contribution >= 0.6 is 0 Å². The summed E-state index contributed by atoms with van der Waals surface area (Å²) in [5.41, 5.74) is 7.52. The zero-order valence-corrected chi connectivity index (χ0v) is 11.9. The van der Waals surface area contributed by atoms with Crippen molar-refractivity contribution in [3.8, 4) is 0 Å². The lowest BCUT2D eigenvalue weighted by atomic mass is 10.1. The molecule has 0 unspecified atom stereocenters. The van der Waals surface area contributed by atoms with Crippen LogP contribution in [-0.4, -0.2) is 12.6 Å². The number of benzene rings is 2. The summed E-state index contributed by atoms with van der Waals surface area (Å²) < 4.78 is 0. The van der Waals surface area contributed by atoms with Gasteiger partial charge in [-0.25, -0.2) is 0 Å². The standard InChI is InChI=1S/C17H19N3/c1-13-4-8-15(9-5-13)12-19-17(20-18-3)16-10-6-14(2)7-11-16/h4-11H,3,12H2,1-2H3,(H,19,20). The number of hydrogen-bond donors (Lipinski definition) is 1. The Morgan fingerprint density at radius 2 is 1.50 bits per heavy atom. The van der Waals surface area contributed by atoms with Crippen molar-refractivity contribution >= 4 is 12.6 Å². The van der Waals surface area contributed by atoms with Crippen LogP contribution in [0.3, 0.4) is 0 Å². The van der Waals surface area contributed by atoms with Crippen molar-refractivity contribution in [3.05, 3.63) is 70.8 Å². The Morgan fingerprint density at radius 1 is 0.950 bits per heavy atom. The second-order valence-electron chi connectivity index (χ2n) is 4.79. The molecule has 2 rings (SSSR count). The summed E-state index contributed by atoms with van der Waals surface area (Å²) in [6.07, 6.45) is 0. The van der Waals surface area contributed by atoms with Gasteiger partial charge in [-0.2, -0.15) is 5.10 Å². The minimum absolute atomic E-state index is 0.617. The van der Waals surface area contributed by atoms with Gasteiger partial charge in [-0.15, -0.1) is 0 Å². The highest BCUT2D eigenvalue weighted by Gasteiger charge is 2.02. The second-order valence-corrected chi connectivity index (χ2v) is 4.79. The van der Waals surface area contributed by atoms with Crippen molar-refractivity contribution in [1.29, 1.82) is 0 Å². The van der Waals surface area contributed by atoms with Crippen LogP contribution in [0.25, 0.3) is 0 Å². The fourth-order valence-electron chi connectivity index (χ4n) is 1.84. The van der Waals surface area contributed by atoms with Crippen LogP contribution in [0.5, 0.6) is 0 Å². The summed E-state index contributed by atoms with van der Waals surface area (Å²) in [5.74, 6) is 0.737. The lowest BCUT2D eigenvalue weighted by Gasteiger charge is -2.06. The van der Waals surface area contributed by atoms with Crippen molar-refractivity contribution in [2.75, 3.05) is 0 Å². The van der Waals surface area contributed by atoms with E-state index in [0.29, 0.717) is 6.54 Å². The van der Waals surface area contributed by atoms with Crippen LogP contribution in [-0.2, 0) is 6.54 Å². The number of rotatable bonds is 4. The first-order chi connectivity index (χ1) is 9.69. The zero-order chi connectivity index (χ0) is 14.4. The summed E-state index contributed by atoms with van der Waals surface area (Å²) in [6.45, 7) is 8.22. The fraction of sp³-hybridized carbons (Fsp3) is 0.176. The molecule has 2 aromatic carbocycles. The molecular weight excluding hydrogens is 246 g/mol. The topological polar surface area (TPSA) is 36.8 Å². The highest BCUT2D eigenvalue weighted by Crippen LogP contribution is 2.07. The average Bonchev–Trinajstić information content (AvgIpc) is 2.46. The molecule has 0 saturated carbocycles. The molecule has 0 bridgehead atoms. The predicted molar refractivity (Wildman–Crippen MR) is 85.3 cm³/mol. The molecule has 0 amide bonds. The highest BCUT2D eigenvalue weighted by molar-refractivity contribution is 5.98. The van der Waals surface area contributed by atoms with Crippen LogP contribution < -0.4 is 5.43 Å². The highest BCUT2D eigenvalue weighted by atomic mass is 15.3. The third-order valence-corrected chi connectivity index (χ3v) is 3.05. The molecule has 0 saturated heterocycles. The van der Waals surface area contributed by atoms with Gasteiger partial charge in [-0.05, 0) is 19.4 Å². The third kappa shape index (κ3) is 3.79. The first-order valence-corrected chi connectivity index (χ1v) is 6.58. The van der Waals surface area contributed by atoms with Gasteiger partial charge in [0.05, 0.1) is 6.54 Å². The second kappa shape index (κ2) is 6.66. The minimum Gasteiger partial charge on any atom is -0.262 e. The SMILES string of the molecule is C=NNC(=NCc1ccc(C)cc1)c1ccc(C)cc1. The molecule has 0 atom stereocenters. The Morgan fingerprint density at radius 3 is 2.05 bits per heavy atom. The number of aliphatic imine (C=N–C) groups is 1. The van der Waals surface area contributed by atoms with Gasteiger partial charge in [0.15, 0.2) is 0 Å². The van der Waals surface area contributed by atoms with Gasteiger partial charge in [0.2, 0.25) is 0 Å². The normalized spacial score (nSPS) is 11.2. The number of nitrogens with zero attached hydrogens (tertiary/aromatic N) is 2. The molecule has 0 aromatic heterocycles. The Balaban J connectivity index is 2.19. The molecule has 0 aliphatic carbocycles. The van der Waals surface area contributed by atoms with E-state index in [4.69, 9.17) is 0 Å². The van der Waals surface area contributed by atoms with E-state index in [2.05, 4.69) is 72.5 Å². The van der Waals surface area contributed by atoms with Crippen molar-refractivity contribution < 1.29 is 0 Å². The molecule has 1 N–H and O–H groups in total. The van der Waals surface area contributed by atoms with Crippen molar-refractivity contribution in [3.63, 3.8) is 0 Å². The molecule has 0 spiro atoms. The molecule has 0 heterocycles. The largest absolute Gasteiger partial charge is 0.262 e. The van der Waals surface area contributed by atoms with E-state index in [9.17, 15) is 0 Å². The summed E-state index contributed by atoms with van der Waals surface area (Å²) in [6, 6.07) is 16.5. The molecule has 0 aliphatic heterocycles. The zero-order valence-electron chi connectivity index (χ0n) is 11.9. The Kier molecular flexibility index (Phi) is 4.66. The van der Waals surface area contributed by atoms with E-state index in [1.807, 2.05) is 12.1 Å². The van der Waals surface area contributed by atoms with Crippen LogP contribution in [0.4, 0.5) is 0 Å². The van der Waals surface area contributed by atoms with E-state index < -0.39 is 0 Å². The molecule has 0 aliphatic rings. The monoisotopic (exact) mass is 265 g/mol. The van der Waals surface area contributed by atoms with E-state index >= 15 is 0 Å². The van der Waals surface area contributed by atoms with Crippen LogP contribution in [0.15, 0.2) is 58.6 Å². The van der Waals surface area contributed by atoms with E-state index in [-0.39, 0.29) is 0 Å². The number of hydrazone groups is 1. The number of amidine groups is 1. The first-order valence-electron chi connectivity index (χ1n) is 6.58.